The third-order valence-corrected chi connectivity index (χ3v) is 14.4. The molecule has 0 radical (unpaired) electrons. The fourth-order valence-electron chi connectivity index (χ4n) is 7.29. The van der Waals surface area contributed by atoms with Gasteiger partial charge >= 0.3 is 0 Å². The average Bonchev–Trinajstić information content (AvgIpc) is 3.96. The van der Waals surface area contributed by atoms with Crippen LogP contribution in [0, 0.1) is 0 Å². The van der Waals surface area contributed by atoms with E-state index >= 15 is 0 Å². The number of hydrogen-bond acceptors (Lipinski definition) is 11. The zero-order valence-corrected chi connectivity index (χ0v) is 32.0. The molecule has 0 amide bonds. The van der Waals surface area contributed by atoms with Gasteiger partial charge in [0.1, 0.15) is 21.4 Å². The fraction of sp³-hybridized carbons (Fsp3) is 0.600. The van der Waals surface area contributed by atoms with Gasteiger partial charge in [0.15, 0.2) is 0 Å². The molecule has 1 saturated heterocycles. The molecule has 4 N–H and O–H groups in total. The van der Waals surface area contributed by atoms with E-state index in [1.165, 1.54) is 5.56 Å². The number of benzene rings is 1. The van der Waals surface area contributed by atoms with Crippen LogP contribution < -0.4 is 15.5 Å². The summed E-state index contributed by atoms with van der Waals surface area (Å²) < 4.78 is 24.7. The summed E-state index contributed by atoms with van der Waals surface area (Å²) in [5.41, 5.74) is 0.438. The Labute approximate surface area is 308 Å². The topological polar surface area (TPSA) is 153 Å². The highest BCUT2D eigenvalue weighted by molar-refractivity contribution is 7.85. The first-order valence-corrected chi connectivity index (χ1v) is 20.7. The molecule has 2 aromatic heterocycles. The highest BCUT2D eigenvalue weighted by Crippen LogP contribution is 2.49. The van der Waals surface area contributed by atoms with Gasteiger partial charge < -0.3 is 25.7 Å². The predicted octanol–water partition coefficient (Wildman–Crippen LogP) is 5.40. The van der Waals surface area contributed by atoms with E-state index in [9.17, 15) is 18.6 Å². The number of rotatable bonds is 8. The van der Waals surface area contributed by atoms with Crippen molar-refractivity contribution in [2.75, 3.05) is 40.1 Å². The van der Waals surface area contributed by atoms with Crippen molar-refractivity contribution in [3.63, 3.8) is 0 Å². The standard InChI is InChI=1S/C23H29ClN4O2S.C12H16ClN3O2S/c1-22(2,29)23(10-11-23)27-20-19-18(9-14-31(19)30)25-21(26-20)28-12-7-16(8-13-28)15-3-5-17(24)6-4-15;1-11(2,17)12(4-5-12)16-9-8-7(3-6-19(8)18)14-10(13)15-9/h3-6,16,29H,7-14H2,1-2H3,(H,25,26,27);17H,3-6H2,1-2H3,(H,14,15,16). The lowest BCUT2D eigenvalue weighted by atomic mass is 9.89. The number of aromatic nitrogens is 4. The van der Waals surface area contributed by atoms with Crippen LogP contribution in [0.3, 0.4) is 0 Å². The van der Waals surface area contributed by atoms with Gasteiger partial charge in [0.2, 0.25) is 11.2 Å². The summed E-state index contributed by atoms with van der Waals surface area (Å²) in [5, 5.41) is 28.6. The van der Waals surface area contributed by atoms with Gasteiger partial charge in [0.05, 0.1) is 55.3 Å². The van der Waals surface area contributed by atoms with Crippen LogP contribution in [-0.2, 0) is 34.4 Å². The number of anilines is 3. The van der Waals surface area contributed by atoms with Gasteiger partial charge in [0.25, 0.3) is 0 Å². The van der Waals surface area contributed by atoms with Crippen LogP contribution in [0.15, 0.2) is 34.1 Å². The Bertz CT molecular complexity index is 1830. The second kappa shape index (κ2) is 13.2. The third kappa shape index (κ3) is 7.02. The number of nitrogens with one attached hydrogen (secondary N) is 2. The van der Waals surface area contributed by atoms with Crippen LogP contribution in [0.25, 0.3) is 0 Å². The molecule has 3 aliphatic heterocycles. The summed E-state index contributed by atoms with van der Waals surface area (Å²) >= 11 is 12.0. The van der Waals surface area contributed by atoms with Crippen molar-refractivity contribution in [3.8, 4) is 0 Å². The zero-order valence-electron chi connectivity index (χ0n) is 28.9. The van der Waals surface area contributed by atoms with Crippen molar-refractivity contribution in [1.29, 1.82) is 0 Å². The first-order valence-electron chi connectivity index (χ1n) is 17.3. The highest BCUT2D eigenvalue weighted by Gasteiger charge is 2.55. The Hall–Kier alpha value is -2.42. The molecule has 0 bridgehead atoms. The van der Waals surface area contributed by atoms with Crippen LogP contribution in [0.2, 0.25) is 10.3 Å². The summed E-state index contributed by atoms with van der Waals surface area (Å²) in [6, 6.07) is 8.16. The first kappa shape index (κ1) is 36.0. The molecule has 3 fully saturated rings. The van der Waals surface area contributed by atoms with E-state index in [-0.39, 0.29) is 5.28 Å². The maximum Gasteiger partial charge on any atom is 0.227 e. The normalized spacial score (nSPS) is 23.4. The zero-order chi connectivity index (χ0) is 35.6. The smallest absolute Gasteiger partial charge is 0.227 e. The third-order valence-electron chi connectivity index (χ3n) is 11.0. The molecule has 2 atom stereocenters. The molecule has 2 saturated carbocycles. The molecule has 50 heavy (non-hydrogen) atoms. The Morgan fingerprint density at radius 3 is 1.72 bits per heavy atom. The van der Waals surface area contributed by atoms with Gasteiger partial charge in [-0.3, -0.25) is 8.42 Å². The SMILES string of the molecule is CC(C)(O)C1(Nc2nc(Cl)nc3c2S(=O)CC3)CC1.CC(C)(O)C1(Nc2nc(N3CCC(c4ccc(Cl)cc4)CC3)nc3c2S(=O)CC3)CC1. The Kier molecular flexibility index (Phi) is 9.50. The van der Waals surface area contributed by atoms with Crippen LogP contribution in [-0.4, -0.2) is 85.4 Å². The number of fused-ring (bicyclic) bond motifs is 2. The molecule has 0 spiro atoms. The number of halogens is 2. The van der Waals surface area contributed by atoms with Crippen LogP contribution in [0.1, 0.15) is 89.1 Å². The molecule has 2 aliphatic carbocycles. The van der Waals surface area contributed by atoms with Gasteiger partial charge in [-0.25, -0.2) is 9.97 Å². The molecular formula is C35H45Cl2N7O4S2. The van der Waals surface area contributed by atoms with Gasteiger partial charge in [-0.05, 0) is 101 Å². The van der Waals surface area contributed by atoms with E-state index in [0.717, 1.165) is 72.9 Å². The summed E-state index contributed by atoms with van der Waals surface area (Å²) in [4.78, 5) is 21.6. The van der Waals surface area contributed by atoms with Gasteiger partial charge in [-0.1, -0.05) is 23.7 Å². The van der Waals surface area contributed by atoms with Crippen molar-refractivity contribution in [2.45, 2.75) is 117 Å². The largest absolute Gasteiger partial charge is 0.388 e. The Morgan fingerprint density at radius 1 is 0.760 bits per heavy atom. The quantitative estimate of drug-likeness (QED) is 0.218. The van der Waals surface area contributed by atoms with E-state index in [4.69, 9.17) is 33.2 Å². The summed E-state index contributed by atoms with van der Waals surface area (Å²) in [7, 11) is -2.17. The molecular weight excluding hydrogens is 717 g/mol. The highest BCUT2D eigenvalue weighted by atomic mass is 35.5. The summed E-state index contributed by atoms with van der Waals surface area (Å²) in [6.45, 7) is 8.96. The molecule has 2 unspecified atom stereocenters. The molecule has 1 aromatic carbocycles. The van der Waals surface area contributed by atoms with Crippen molar-refractivity contribution in [2.24, 2.45) is 0 Å². The van der Waals surface area contributed by atoms with E-state index in [1.807, 2.05) is 26.0 Å². The van der Waals surface area contributed by atoms with E-state index in [1.54, 1.807) is 13.8 Å². The number of aliphatic hydroxyl groups is 2. The molecule has 5 aliphatic rings. The minimum atomic E-state index is -1.09. The summed E-state index contributed by atoms with van der Waals surface area (Å²) in [6.07, 6.45) is 6.92. The average molecular weight is 763 g/mol. The van der Waals surface area contributed by atoms with Crippen molar-refractivity contribution >= 4 is 62.4 Å². The van der Waals surface area contributed by atoms with Crippen LogP contribution in [0.5, 0.6) is 0 Å². The number of hydrogen-bond donors (Lipinski definition) is 4. The monoisotopic (exact) mass is 761 g/mol. The van der Waals surface area contributed by atoms with E-state index in [0.29, 0.717) is 52.7 Å². The van der Waals surface area contributed by atoms with Crippen LogP contribution >= 0.6 is 23.2 Å². The maximum absolute atomic E-state index is 12.7. The first-order chi connectivity index (χ1) is 23.6. The second-order valence-electron chi connectivity index (χ2n) is 15.2. The maximum atomic E-state index is 12.7. The molecule has 5 heterocycles. The van der Waals surface area contributed by atoms with Crippen molar-refractivity contribution in [3.05, 3.63) is 51.5 Å². The van der Waals surface area contributed by atoms with Crippen molar-refractivity contribution in [1.82, 2.24) is 19.9 Å². The summed E-state index contributed by atoms with van der Waals surface area (Å²) in [5.74, 6) is 3.55. The van der Waals surface area contributed by atoms with Gasteiger partial charge in [-0.2, -0.15) is 9.97 Å². The van der Waals surface area contributed by atoms with Crippen molar-refractivity contribution < 1.29 is 18.6 Å². The van der Waals surface area contributed by atoms with Crippen LogP contribution in [0.4, 0.5) is 17.6 Å². The molecule has 270 valence electrons. The lowest BCUT2D eigenvalue weighted by Crippen LogP contribution is -2.45. The number of nitrogens with zero attached hydrogens (tertiary/aromatic N) is 5. The van der Waals surface area contributed by atoms with E-state index in [2.05, 4.69) is 37.6 Å². The minimum absolute atomic E-state index is 0.159. The molecule has 15 heteroatoms. The Balaban J connectivity index is 0.000000176. The molecule has 3 aromatic rings. The van der Waals surface area contributed by atoms with Gasteiger partial charge in [0, 0.05) is 42.5 Å². The second-order valence-corrected chi connectivity index (χ2v) is 19.0. The van der Waals surface area contributed by atoms with E-state index < -0.39 is 43.9 Å². The fourth-order valence-corrected chi connectivity index (χ4v) is 10.2. The van der Waals surface area contributed by atoms with Gasteiger partial charge in [-0.15, -0.1) is 0 Å². The number of piperidine rings is 1. The molecule has 11 nitrogen and oxygen atoms in total. The lowest BCUT2D eigenvalue weighted by molar-refractivity contribution is 0.0489. The molecule has 8 rings (SSSR count). The Morgan fingerprint density at radius 2 is 1.24 bits per heavy atom. The predicted molar refractivity (Wildman–Crippen MR) is 198 cm³/mol. The minimum Gasteiger partial charge on any atom is -0.388 e. The number of aryl methyl sites for hydroxylation is 2. The lowest BCUT2D eigenvalue weighted by Gasteiger charge is -2.34.